The van der Waals surface area contributed by atoms with Gasteiger partial charge in [-0.1, -0.05) is 12.1 Å². The summed E-state index contributed by atoms with van der Waals surface area (Å²) in [5.41, 5.74) is 5.55. The van der Waals surface area contributed by atoms with Gasteiger partial charge in [-0.25, -0.2) is 0 Å². The third-order valence-electron chi connectivity index (χ3n) is 1.15. The van der Waals surface area contributed by atoms with Gasteiger partial charge in [-0.15, -0.1) is 0 Å². The number of hydrogen-bond donors (Lipinski definition) is 1. The molecule has 9 heavy (non-hydrogen) atoms. The third-order valence-corrected chi connectivity index (χ3v) is 1.15. The van der Waals surface area contributed by atoms with Crippen molar-refractivity contribution in [3.05, 3.63) is 12.2 Å². The maximum atomic E-state index is 5.55. The van der Waals surface area contributed by atoms with Crippen molar-refractivity contribution >= 4 is 0 Å². The maximum absolute atomic E-state index is 5.55. The Balaban J connectivity index is 2.65. The van der Waals surface area contributed by atoms with Crippen LogP contribution in [0.25, 0.3) is 0 Å². The van der Waals surface area contributed by atoms with Crippen LogP contribution in [-0.4, -0.2) is 10.1 Å². The van der Waals surface area contributed by atoms with Crippen LogP contribution in [0, 0.1) is 0 Å². The van der Waals surface area contributed by atoms with E-state index in [4.69, 9.17) is 5.73 Å². The highest BCUT2D eigenvalue weighted by Gasteiger charge is 2.06. The summed E-state index contributed by atoms with van der Waals surface area (Å²) in [4.78, 5) is 3.78. The first-order chi connectivity index (χ1) is 4.34. The van der Waals surface area contributed by atoms with E-state index in [0.717, 1.165) is 6.42 Å². The van der Waals surface area contributed by atoms with Crippen LogP contribution in [0.2, 0.25) is 0 Å². The Morgan fingerprint density at radius 2 is 2.67 bits per heavy atom. The quantitative estimate of drug-likeness (QED) is 0.627. The lowest BCUT2D eigenvalue weighted by Crippen LogP contribution is -2.09. The number of hydrogen-bond acceptors (Lipinski definition) is 4. The van der Waals surface area contributed by atoms with Crippen molar-refractivity contribution < 1.29 is 4.52 Å². The van der Waals surface area contributed by atoms with Gasteiger partial charge in [-0.3, -0.25) is 0 Å². The molecular weight excluding hydrogens is 118 g/mol. The normalized spacial score (nSPS) is 13.6. The number of rotatable bonds is 2. The fourth-order valence-electron chi connectivity index (χ4n) is 0.525. The average molecular weight is 127 g/mol. The molecule has 0 saturated carbocycles. The molecule has 1 heterocycles. The zero-order valence-corrected chi connectivity index (χ0v) is 5.24. The van der Waals surface area contributed by atoms with E-state index in [1.54, 1.807) is 0 Å². The summed E-state index contributed by atoms with van der Waals surface area (Å²) in [7, 11) is 0. The predicted molar refractivity (Wildman–Crippen MR) is 31.5 cm³/mol. The summed E-state index contributed by atoms with van der Waals surface area (Å²) < 4.78 is 4.50. The summed E-state index contributed by atoms with van der Waals surface area (Å²) in [5.74, 6) is 0.581. The van der Waals surface area contributed by atoms with Gasteiger partial charge >= 0.3 is 0 Å². The molecule has 0 aliphatic carbocycles. The van der Waals surface area contributed by atoms with Crippen LogP contribution in [0.15, 0.2) is 10.9 Å². The molecule has 0 bridgehead atoms. The van der Waals surface area contributed by atoms with E-state index in [9.17, 15) is 0 Å². The van der Waals surface area contributed by atoms with Gasteiger partial charge in [0.1, 0.15) is 0 Å². The predicted octanol–water partition coefficient (Wildman–Crippen LogP) is 0.479. The zero-order valence-electron chi connectivity index (χ0n) is 5.24. The van der Waals surface area contributed by atoms with E-state index in [1.807, 2.05) is 6.92 Å². The standard InChI is InChI=1S/C5H9N3O/c1-2-4(6)5-7-3-9-8-5/h3-4H,2,6H2,1H3/t4-/m1/s1. The van der Waals surface area contributed by atoms with Crippen LogP contribution >= 0.6 is 0 Å². The van der Waals surface area contributed by atoms with Gasteiger partial charge in [-0.05, 0) is 6.42 Å². The van der Waals surface area contributed by atoms with Crippen molar-refractivity contribution in [3.8, 4) is 0 Å². The Labute approximate surface area is 53.1 Å². The van der Waals surface area contributed by atoms with Gasteiger partial charge in [0, 0.05) is 0 Å². The van der Waals surface area contributed by atoms with Gasteiger partial charge in [0.2, 0.25) is 6.39 Å². The van der Waals surface area contributed by atoms with Crippen molar-refractivity contribution in [2.45, 2.75) is 19.4 Å². The molecule has 1 atom stereocenters. The molecule has 0 unspecified atom stereocenters. The highest BCUT2D eigenvalue weighted by Crippen LogP contribution is 2.05. The molecule has 0 saturated heterocycles. The van der Waals surface area contributed by atoms with Crippen molar-refractivity contribution in [3.63, 3.8) is 0 Å². The maximum Gasteiger partial charge on any atom is 0.213 e. The molecule has 0 aliphatic heterocycles. The van der Waals surface area contributed by atoms with Crippen LogP contribution in [0.4, 0.5) is 0 Å². The molecule has 50 valence electrons. The van der Waals surface area contributed by atoms with Gasteiger partial charge in [0.05, 0.1) is 6.04 Å². The van der Waals surface area contributed by atoms with E-state index in [2.05, 4.69) is 14.7 Å². The largest absolute Gasteiger partial charge is 0.343 e. The topological polar surface area (TPSA) is 64.9 Å². The van der Waals surface area contributed by atoms with Crippen LogP contribution in [0.3, 0.4) is 0 Å². The number of nitrogens with zero attached hydrogens (tertiary/aromatic N) is 2. The molecule has 0 aliphatic rings. The first kappa shape index (κ1) is 6.22. The molecule has 0 fully saturated rings. The highest BCUT2D eigenvalue weighted by molar-refractivity contribution is 4.86. The minimum Gasteiger partial charge on any atom is -0.343 e. The smallest absolute Gasteiger partial charge is 0.213 e. The van der Waals surface area contributed by atoms with E-state index in [-0.39, 0.29) is 6.04 Å². The summed E-state index contributed by atoms with van der Waals surface area (Å²) in [6.07, 6.45) is 2.12. The Bertz CT molecular complexity index is 161. The second kappa shape index (κ2) is 2.59. The molecule has 1 rings (SSSR count). The van der Waals surface area contributed by atoms with Crippen LogP contribution in [-0.2, 0) is 0 Å². The molecule has 4 heteroatoms. The Hall–Kier alpha value is -0.900. The van der Waals surface area contributed by atoms with Crippen LogP contribution in [0.5, 0.6) is 0 Å². The molecule has 0 amide bonds. The van der Waals surface area contributed by atoms with E-state index in [1.165, 1.54) is 6.39 Å². The van der Waals surface area contributed by atoms with Crippen molar-refractivity contribution in [1.82, 2.24) is 10.1 Å². The minimum atomic E-state index is -0.0799. The molecule has 0 aromatic carbocycles. The zero-order chi connectivity index (χ0) is 6.69. The fourth-order valence-corrected chi connectivity index (χ4v) is 0.525. The van der Waals surface area contributed by atoms with Crippen molar-refractivity contribution in [2.24, 2.45) is 5.73 Å². The lowest BCUT2D eigenvalue weighted by molar-refractivity contribution is 0.403. The third kappa shape index (κ3) is 1.26. The monoisotopic (exact) mass is 127 g/mol. The van der Waals surface area contributed by atoms with Gasteiger partial charge < -0.3 is 10.3 Å². The second-order valence-corrected chi connectivity index (χ2v) is 1.80. The molecule has 2 N–H and O–H groups in total. The van der Waals surface area contributed by atoms with E-state index < -0.39 is 0 Å². The van der Waals surface area contributed by atoms with Gasteiger partial charge in [-0.2, -0.15) is 4.98 Å². The van der Waals surface area contributed by atoms with E-state index >= 15 is 0 Å². The molecule has 1 aromatic heterocycles. The Morgan fingerprint density at radius 1 is 1.89 bits per heavy atom. The Kier molecular flexibility index (Phi) is 1.79. The Morgan fingerprint density at radius 3 is 3.11 bits per heavy atom. The molecular formula is C5H9N3O. The van der Waals surface area contributed by atoms with Gasteiger partial charge in [0.15, 0.2) is 5.82 Å². The van der Waals surface area contributed by atoms with Gasteiger partial charge in [0.25, 0.3) is 0 Å². The van der Waals surface area contributed by atoms with E-state index in [0.29, 0.717) is 5.82 Å². The average Bonchev–Trinajstić information content (AvgIpc) is 2.37. The van der Waals surface area contributed by atoms with Crippen molar-refractivity contribution in [1.29, 1.82) is 0 Å². The second-order valence-electron chi connectivity index (χ2n) is 1.80. The fraction of sp³-hybridized carbons (Fsp3) is 0.600. The lowest BCUT2D eigenvalue weighted by Gasteiger charge is -1.98. The summed E-state index contributed by atoms with van der Waals surface area (Å²) >= 11 is 0. The van der Waals surface area contributed by atoms with Crippen LogP contribution < -0.4 is 5.73 Å². The molecule has 1 aromatic rings. The SMILES string of the molecule is CC[C@@H](N)c1ncon1. The summed E-state index contributed by atoms with van der Waals surface area (Å²) in [6.45, 7) is 1.97. The van der Waals surface area contributed by atoms with Crippen molar-refractivity contribution in [2.75, 3.05) is 0 Å². The highest BCUT2D eigenvalue weighted by atomic mass is 16.5. The first-order valence-corrected chi connectivity index (χ1v) is 2.86. The van der Waals surface area contributed by atoms with Crippen LogP contribution in [0.1, 0.15) is 25.2 Å². The minimum absolute atomic E-state index is 0.0799. The molecule has 0 radical (unpaired) electrons. The summed E-state index contributed by atoms with van der Waals surface area (Å²) in [6, 6.07) is -0.0799. The molecule has 4 nitrogen and oxygen atoms in total. The molecule has 0 spiro atoms. The first-order valence-electron chi connectivity index (χ1n) is 2.86. The number of aromatic nitrogens is 2. The number of nitrogens with two attached hydrogens (primary N) is 1. The summed E-state index contributed by atoms with van der Waals surface area (Å²) in [5, 5.41) is 3.58. The lowest BCUT2D eigenvalue weighted by atomic mass is 10.2.